The lowest BCUT2D eigenvalue weighted by Crippen LogP contribution is -2.35. The second kappa shape index (κ2) is 6.08. The highest BCUT2D eigenvalue weighted by molar-refractivity contribution is 5.89. The molecule has 94 valence electrons. The van der Waals surface area contributed by atoms with Crippen LogP contribution in [0.15, 0.2) is 18.2 Å². The molecular weight excluding hydrogens is 223 g/mol. The van der Waals surface area contributed by atoms with Gasteiger partial charge in [-0.2, -0.15) is 0 Å². The van der Waals surface area contributed by atoms with Crippen LogP contribution in [0.5, 0.6) is 5.75 Å². The first kappa shape index (κ1) is 13.3. The maximum absolute atomic E-state index is 13.3. The van der Waals surface area contributed by atoms with E-state index >= 15 is 0 Å². The molecule has 0 bridgehead atoms. The number of methoxy groups -OCH3 is 1. The van der Waals surface area contributed by atoms with Gasteiger partial charge in [0.2, 0.25) is 0 Å². The summed E-state index contributed by atoms with van der Waals surface area (Å²) in [4.78, 5) is 11.5. The summed E-state index contributed by atoms with van der Waals surface area (Å²) in [5, 5.41) is 5.28. The number of amides is 2. The van der Waals surface area contributed by atoms with Crippen LogP contribution in [0.2, 0.25) is 0 Å². The van der Waals surface area contributed by atoms with Crippen LogP contribution in [0.1, 0.15) is 20.3 Å². The van der Waals surface area contributed by atoms with Crippen LogP contribution in [0, 0.1) is 5.82 Å². The zero-order valence-electron chi connectivity index (χ0n) is 10.2. The lowest BCUT2D eigenvalue weighted by molar-refractivity contribution is 0.249. The van der Waals surface area contributed by atoms with Gasteiger partial charge in [-0.15, -0.1) is 0 Å². The number of hydrogen-bond acceptors (Lipinski definition) is 2. The van der Waals surface area contributed by atoms with Gasteiger partial charge in [-0.3, -0.25) is 0 Å². The molecule has 17 heavy (non-hydrogen) atoms. The normalized spacial score (nSPS) is 11.8. The summed E-state index contributed by atoms with van der Waals surface area (Å²) in [7, 11) is 1.39. The molecule has 0 aliphatic rings. The molecule has 1 aromatic rings. The fraction of sp³-hybridized carbons (Fsp3) is 0.417. The number of anilines is 1. The van der Waals surface area contributed by atoms with Gasteiger partial charge in [0.1, 0.15) is 0 Å². The molecular formula is C12H17FN2O2. The molecule has 5 heteroatoms. The Morgan fingerprint density at radius 3 is 2.76 bits per heavy atom. The number of carbonyl (C=O) groups excluding carboxylic acids is 1. The first-order valence-electron chi connectivity index (χ1n) is 5.47. The maximum Gasteiger partial charge on any atom is 0.319 e. The Labute approximate surface area is 100 Å². The third kappa shape index (κ3) is 3.94. The van der Waals surface area contributed by atoms with E-state index in [4.69, 9.17) is 4.74 Å². The predicted molar refractivity (Wildman–Crippen MR) is 64.9 cm³/mol. The van der Waals surface area contributed by atoms with Crippen molar-refractivity contribution in [3.63, 3.8) is 0 Å². The topological polar surface area (TPSA) is 50.4 Å². The molecule has 0 aliphatic carbocycles. The van der Waals surface area contributed by atoms with Gasteiger partial charge in [-0.25, -0.2) is 9.18 Å². The van der Waals surface area contributed by atoms with Crippen LogP contribution in [0.3, 0.4) is 0 Å². The molecule has 0 saturated carbocycles. The van der Waals surface area contributed by atoms with Crippen molar-refractivity contribution in [3.05, 3.63) is 24.0 Å². The standard InChI is InChI=1S/C12H17FN2O2/c1-4-8(2)14-12(16)15-9-5-6-11(17-3)10(13)7-9/h5-8H,4H2,1-3H3,(H2,14,15,16). The van der Waals surface area contributed by atoms with Gasteiger partial charge in [0, 0.05) is 17.8 Å². The summed E-state index contributed by atoms with van der Waals surface area (Å²) in [5.74, 6) is -0.355. The first-order valence-corrected chi connectivity index (χ1v) is 5.47. The summed E-state index contributed by atoms with van der Waals surface area (Å²) in [6.45, 7) is 3.87. The van der Waals surface area contributed by atoms with Gasteiger partial charge >= 0.3 is 6.03 Å². The van der Waals surface area contributed by atoms with Crippen LogP contribution in [-0.2, 0) is 0 Å². The van der Waals surface area contributed by atoms with E-state index in [1.165, 1.54) is 19.2 Å². The number of rotatable bonds is 4. The van der Waals surface area contributed by atoms with E-state index in [0.717, 1.165) is 6.42 Å². The smallest absolute Gasteiger partial charge is 0.319 e. The lowest BCUT2D eigenvalue weighted by Gasteiger charge is -2.12. The molecule has 0 heterocycles. The van der Waals surface area contributed by atoms with Crippen molar-refractivity contribution in [1.82, 2.24) is 5.32 Å². The Bertz CT molecular complexity index is 396. The van der Waals surface area contributed by atoms with Crippen LogP contribution >= 0.6 is 0 Å². The van der Waals surface area contributed by atoms with Gasteiger partial charge in [0.15, 0.2) is 11.6 Å². The zero-order valence-corrected chi connectivity index (χ0v) is 10.2. The van der Waals surface area contributed by atoms with Crippen molar-refractivity contribution >= 4 is 11.7 Å². The van der Waals surface area contributed by atoms with Crippen molar-refractivity contribution in [1.29, 1.82) is 0 Å². The molecule has 1 rings (SSSR count). The molecule has 1 aromatic carbocycles. The van der Waals surface area contributed by atoms with Gasteiger partial charge in [-0.1, -0.05) is 6.92 Å². The first-order chi connectivity index (χ1) is 8.06. The second-order valence-corrected chi connectivity index (χ2v) is 3.76. The molecule has 1 atom stereocenters. The molecule has 2 amide bonds. The molecule has 2 N–H and O–H groups in total. The summed E-state index contributed by atoms with van der Waals surface area (Å²) >= 11 is 0. The minimum Gasteiger partial charge on any atom is -0.494 e. The fourth-order valence-corrected chi connectivity index (χ4v) is 1.24. The predicted octanol–water partition coefficient (Wildman–Crippen LogP) is 2.75. The van der Waals surface area contributed by atoms with E-state index in [1.54, 1.807) is 6.07 Å². The Morgan fingerprint density at radius 1 is 1.53 bits per heavy atom. The van der Waals surface area contributed by atoms with Crippen LogP contribution in [0.4, 0.5) is 14.9 Å². The minimum absolute atomic E-state index is 0.0816. The van der Waals surface area contributed by atoms with Crippen LogP contribution < -0.4 is 15.4 Å². The Kier molecular flexibility index (Phi) is 4.75. The Balaban J connectivity index is 2.63. The summed E-state index contributed by atoms with van der Waals surface area (Å²) in [6.07, 6.45) is 0.838. The third-order valence-corrected chi connectivity index (χ3v) is 2.40. The van der Waals surface area contributed by atoms with Crippen molar-refractivity contribution in [2.45, 2.75) is 26.3 Å². The van der Waals surface area contributed by atoms with Gasteiger partial charge < -0.3 is 15.4 Å². The van der Waals surface area contributed by atoms with E-state index in [1.807, 2.05) is 13.8 Å². The number of urea groups is 1. The highest BCUT2D eigenvalue weighted by Gasteiger charge is 2.08. The molecule has 0 aliphatic heterocycles. The van der Waals surface area contributed by atoms with E-state index in [0.29, 0.717) is 5.69 Å². The largest absolute Gasteiger partial charge is 0.494 e. The van der Waals surface area contributed by atoms with E-state index in [2.05, 4.69) is 10.6 Å². The zero-order chi connectivity index (χ0) is 12.8. The van der Waals surface area contributed by atoms with Crippen molar-refractivity contribution in [3.8, 4) is 5.75 Å². The second-order valence-electron chi connectivity index (χ2n) is 3.76. The van der Waals surface area contributed by atoms with Gasteiger partial charge in [-0.05, 0) is 25.5 Å². The highest BCUT2D eigenvalue weighted by Crippen LogP contribution is 2.20. The Morgan fingerprint density at radius 2 is 2.24 bits per heavy atom. The molecule has 0 aromatic heterocycles. The molecule has 0 spiro atoms. The average molecular weight is 240 g/mol. The quantitative estimate of drug-likeness (QED) is 0.850. The molecule has 4 nitrogen and oxygen atoms in total. The monoisotopic (exact) mass is 240 g/mol. The summed E-state index contributed by atoms with van der Waals surface area (Å²) < 4.78 is 18.1. The van der Waals surface area contributed by atoms with E-state index in [9.17, 15) is 9.18 Å². The fourth-order valence-electron chi connectivity index (χ4n) is 1.24. The molecule has 1 unspecified atom stereocenters. The summed E-state index contributed by atoms with van der Waals surface area (Å²) in [5.41, 5.74) is 0.393. The average Bonchev–Trinajstić information content (AvgIpc) is 2.29. The van der Waals surface area contributed by atoms with Gasteiger partial charge in [0.05, 0.1) is 7.11 Å². The number of benzene rings is 1. The molecule has 0 radical (unpaired) electrons. The van der Waals surface area contributed by atoms with Crippen molar-refractivity contribution in [2.75, 3.05) is 12.4 Å². The highest BCUT2D eigenvalue weighted by atomic mass is 19.1. The van der Waals surface area contributed by atoms with Gasteiger partial charge in [0.25, 0.3) is 0 Å². The summed E-state index contributed by atoms with van der Waals surface area (Å²) in [6, 6.07) is 4.00. The Hall–Kier alpha value is -1.78. The van der Waals surface area contributed by atoms with Crippen molar-refractivity contribution in [2.24, 2.45) is 0 Å². The SMILES string of the molecule is CCC(C)NC(=O)Nc1ccc(OC)c(F)c1. The third-order valence-electron chi connectivity index (χ3n) is 2.40. The molecule has 0 saturated heterocycles. The number of nitrogens with one attached hydrogen (secondary N) is 2. The number of hydrogen-bond donors (Lipinski definition) is 2. The number of carbonyl (C=O) groups is 1. The van der Waals surface area contributed by atoms with Crippen LogP contribution in [-0.4, -0.2) is 19.2 Å². The minimum atomic E-state index is -0.506. The lowest BCUT2D eigenvalue weighted by atomic mass is 10.2. The molecule has 0 fully saturated rings. The number of halogens is 1. The maximum atomic E-state index is 13.3. The van der Waals surface area contributed by atoms with Crippen LogP contribution in [0.25, 0.3) is 0 Å². The number of ether oxygens (including phenoxy) is 1. The van der Waals surface area contributed by atoms with E-state index < -0.39 is 5.82 Å². The van der Waals surface area contributed by atoms with Crippen molar-refractivity contribution < 1.29 is 13.9 Å². The van der Waals surface area contributed by atoms with E-state index in [-0.39, 0.29) is 17.8 Å².